The Morgan fingerprint density at radius 2 is 1.89 bits per heavy atom. The molecular formula is C14H29N3S. The molecule has 0 amide bonds. The second-order valence-electron chi connectivity index (χ2n) is 6.49. The maximum absolute atomic E-state index is 5.90. The normalized spacial score (nSPS) is 40.7. The van der Waals surface area contributed by atoms with Crippen molar-refractivity contribution in [2.75, 3.05) is 25.1 Å². The Balaban J connectivity index is 2.02. The molecule has 3 nitrogen and oxygen atoms in total. The molecule has 0 radical (unpaired) electrons. The van der Waals surface area contributed by atoms with Crippen LogP contribution in [0.2, 0.25) is 0 Å². The van der Waals surface area contributed by atoms with Gasteiger partial charge in [0.1, 0.15) is 0 Å². The Bertz CT molecular complexity index is 251. The van der Waals surface area contributed by atoms with Crippen LogP contribution < -0.4 is 11.3 Å². The molecule has 2 aliphatic rings. The maximum Gasteiger partial charge on any atom is 0.0402 e. The third-order valence-electron chi connectivity index (χ3n) is 4.77. The van der Waals surface area contributed by atoms with Crippen LogP contribution in [0.15, 0.2) is 0 Å². The van der Waals surface area contributed by atoms with Gasteiger partial charge < -0.3 is 4.90 Å². The molecule has 4 unspecified atom stereocenters. The average molecular weight is 271 g/mol. The highest BCUT2D eigenvalue weighted by Crippen LogP contribution is 2.36. The summed E-state index contributed by atoms with van der Waals surface area (Å²) in [6.07, 6.45) is 4.07. The number of hydrogen-bond donors (Lipinski definition) is 2. The van der Waals surface area contributed by atoms with Crippen molar-refractivity contribution in [3.63, 3.8) is 0 Å². The number of hydrogen-bond acceptors (Lipinski definition) is 4. The van der Waals surface area contributed by atoms with E-state index in [-0.39, 0.29) is 0 Å². The molecule has 0 spiro atoms. The summed E-state index contributed by atoms with van der Waals surface area (Å²) in [5, 5.41) is 0. The lowest BCUT2D eigenvalue weighted by Crippen LogP contribution is -2.58. The minimum Gasteiger partial charge on any atom is -0.300 e. The fraction of sp³-hybridized carbons (Fsp3) is 1.00. The van der Waals surface area contributed by atoms with Crippen LogP contribution in [0.3, 0.4) is 0 Å². The van der Waals surface area contributed by atoms with E-state index >= 15 is 0 Å². The number of nitrogens with zero attached hydrogens (tertiary/aromatic N) is 1. The van der Waals surface area contributed by atoms with Gasteiger partial charge in [0.2, 0.25) is 0 Å². The van der Waals surface area contributed by atoms with E-state index in [0.29, 0.717) is 12.1 Å². The fourth-order valence-corrected chi connectivity index (χ4v) is 5.23. The Labute approximate surface area is 116 Å². The number of rotatable bonds is 3. The van der Waals surface area contributed by atoms with Crippen LogP contribution in [0.5, 0.6) is 0 Å². The molecule has 3 N–H and O–H groups in total. The lowest BCUT2D eigenvalue weighted by molar-refractivity contribution is 0.115. The molecule has 1 saturated heterocycles. The molecule has 0 aromatic rings. The standard InChI is InChI=1S/C14H29N3S/c1-10-6-11(2)8-12(7-10)14(16-15)13-9-18-5-4-17(13)3/h10-14,16H,4-9,15H2,1-3H3. The highest BCUT2D eigenvalue weighted by atomic mass is 32.2. The summed E-state index contributed by atoms with van der Waals surface area (Å²) < 4.78 is 0. The molecule has 0 aromatic carbocycles. The highest BCUT2D eigenvalue weighted by molar-refractivity contribution is 7.99. The van der Waals surface area contributed by atoms with Crippen molar-refractivity contribution in [1.29, 1.82) is 0 Å². The van der Waals surface area contributed by atoms with Gasteiger partial charge in [0.05, 0.1) is 0 Å². The minimum atomic E-state index is 0.466. The van der Waals surface area contributed by atoms with E-state index in [2.05, 4.69) is 43.0 Å². The molecule has 1 saturated carbocycles. The van der Waals surface area contributed by atoms with Gasteiger partial charge in [-0.15, -0.1) is 0 Å². The first-order chi connectivity index (χ1) is 8.61. The van der Waals surface area contributed by atoms with Gasteiger partial charge in [-0.2, -0.15) is 11.8 Å². The van der Waals surface area contributed by atoms with E-state index in [1.54, 1.807) is 0 Å². The molecule has 2 fully saturated rings. The van der Waals surface area contributed by atoms with Gasteiger partial charge in [0.25, 0.3) is 0 Å². The van der Waals surface area contributed by atoms with Crippen molar-refractivity contribution in [2.45, 2.75) is 45.2 Å². The maximum atomic E-state index is 5.90. The molecule has 0 bridgehead atoms. The van der Waals surface area contributed by atoms with Gasteiger partial charge in [-0.1, -0.05) is 13.8 Å². The average Bonchev–Trinajstić information content (AvgIpc) is 2.31. The monoisotopic (exact) mass is 271 g/mol. The van der Waals surface area contributed by atoms with Crippen LogP contribution >= 0.6 is 11.8 Å². The van der Waals surface area contributed by atoms with Crippen molar-refractivity contribution in [3.05, 3.63) is 0 Å². The third kappa shape index (κ3) is 3.41. The Morgan fingerprint density at radius 1 is 1.22 bits per heavy atom. The van der Waals surface area contributed by atoms with Crippen molar-refractivity contribution in [2.24, 2.45) is 23.6 Å². The lowest BCUT2D eigenvalue weighted by atomic mass is 9.72. The van der Waals surface area contributed by atoms with Gasteiger partial charge >= 0.3 is 0 Å². The first-order valence-electron chi connectivity index (χ1n) is 7.36. The zero-order chi connectivity index (χ0) is 13.1. The molecule has 1 heterocycles. The van der Waals surface area contributed by atoms with E-state index in [4.69, 9.17) is 5.84 Å². The fourth-order valence-electron chi connectivity index (χ4n) is 3.95. The number of likely N-dealkylation sites (N-methyl/N-ethyl adjacent to an activating group) is 1. The lowest BCUT2D eigenvalue weighted by Gasteiger charge is -2.44. The van der Waals surface area contributed by atoms with Crippen molar-refractivity contribution in [1.82, 2.24) is 10.3 Å². The number of hydrazine groups is 1. The molecule has 4 atom stereocenters. The summed E-state index contributed by atoms with van der Waals surface area (Å²) in [7, 11) is 2.25. The minimum absolute atomic E-state index is 0.466. The predicted octanol–water partition coefficient (Wildman–Crippen LogP) is 1.94. The van der Waals surface area contributed by atoms with E-state index in [0.717, 1.165) is 17.8 Å². The topological polar surface area (TPSA) is 41.3 Å². The van der Waals surface area contributed by atoms with E-state index < -0.39 is 0 Å². The van der Waals surface area contributed by atoms with Crippen LogP contribution in [0, 0.1) is 17.8 Å². The Hall–Kier alpha value is 0.230. The van der Waals surface area contributed by atoms with Crippen molar-refractivity contribution >= 4 is 11.8 Å². The Morgan fingerprint density at radius 3 is 2.44 bits per heavy atom. The van der Waals surface area contributed by atoms with E-state index in [1.165, 1.54) is 37.3 Å². The summed E-state index contributed by atoms with van der Waals surface area (Å²) >= 11 is 2.08. The molecule has 2 rings (SSSR count). The summed E-state index contributed by atoms with van der Waals surface area (Å²) in [5.41, 5.74) is 3.16. The van der Waals surface area contributed by atoms with E-state index in [1.807, 2.05) is 0 Å². The molecule has 18 heavy (non-hydrogen) atoms. The van der Waals surface area contributed by atoms with Crippen LogP contribution in [0.1, 0.15) is 33.1 Å². The van der Waals surface area contributed by atoms with Crippen molar-refractivity contribution in [3.8, 4) is 0 Å². The molecule has 1 aliphatic heterocycles. The van der Waals surface area contributed by atoms with Gasteiger partial charge in [-0.25, -0.2) is 0 Å². The van der Waals surface area contributed by atoms with Crippen LogP contribution in [-0.4, -0.2) is 42.1 Å². The summed E-state index contributed by atoms with van der Waals surface area (Å²) in [4.78, 5) is 2.50. The zero-order valence-corrected chi connectivity index (χ0v) is 12.9. The first-order valence-corrected chi connectivity index (χ1v) is 8.51. The van der Waals surface area contributed by atoms with Gasteiger partial charge in [0, 0.05) is 30.1 Å². The first kappa shape index (κ1) is 14.6. The summed E-state index contributed by atoms with van der Waals surface area (Å²) in [6, 6.07) is 1.07. The second kappa shape index (κ2) is 6.60. The SMILES string of the molecule is CC1CC(C)CC(C(NN)C2CSCCN2C)C1. The Kier molecular flexibility index (Phi) is 5.36. The quantitative estimate of drug-likeness (QED) is 0.608. The van der Waals surface area contributed by atoms with Crippen LogP contribution in [0.4, 0.5) is 0 Å². The predicted molar refractivity (Wildman–Crippen MR) is 80.5 cm³/mol. The highest BCUT2D eigenvalue weighted by Gasteiger charge is 2.36. The summed E-state index contributed by atoms with van der Waals surface area (Å²) in [6.45, 7) is 6.00. The molecule has 106 valence electrons. The molecule has 4 heteroatoms. The summed E-state index contributed by atoms with van der Waals surface area (Å²) in [5.74, 6) is 10.9. The molecular weight excluding hydrogens is 242 g/mol. The second-order valence-corrected chi connectivity index (χ2v) is 7.64. The number of nitrogens with two attached hydrogens (primary N) is 1. The molecule has 1 aliphatic carbocycles. The van der Waals surface area contributed by atoms with E-state index in [9.17, 15) is 0 Å². The van der Waals surface area contributed by atoms with Crippen molar-refractivity contribution < 1.29 is 0 Å². The zero-order valence-electron chi connectivity index (χ0n) is 12.1. The third-order valence-corrected chi connectivity index (χ3v) is 5.82. The number of thioether (sulfide) groups is 1. The number of nitrogens with one attached hydrogen (secondary N) is 1. The van der Waals surface area contributed by atoms with Gasteiger partial charge in [-0.3, -0.25) is 11.3 Å². The molecule has 0 aromatic heterocycles. The van der Waals surface area contributed by atoms with Crippen LogP contribution in [0.25, 0.3) is 0 Å². The largest absolute Gasteiger partial charge is 0.300 e. The van der Waals surface area contributed by atoms with Crippen LogP contribution in [-0.2, 0) is 0 Å². The smallest absolute Gasteiger partial charge is 0.0402 e. The van der Waals surface area contributed by atoms with Gasteiger partial charge in [0.15, 0.2) is 0 Å². The van der Waals surface area contributed by atoms with Gasteiger partial charge in [-0.05, 0) is 44.1 Å².